The van der Waals surface area contributed by atoms with Gasteiger partial charge in [-0.25, -0.2) is 9.48 Å². The zero-order chi connectivity index (χ0) is 14.9. The Kier molecular flexibility index (Phi) is 4.50. The molecule has 1 heterocycles. The molecule has 2 rings (SSSR count). The smallest absolute Gasteiger partial charge is 0.360 e. The first-order chi connectivity index (χ1) is 9.47. The molecule has 1 aromatic carbocycles. The molecule has 0 bridgehead atoms. The number of aromatic nitrogens is 2. The SMILES string of the molecule is COC(=O)c1nn(-c2ccccc2Br)c(C(C)C)c1Cl. The number of methoxy groups -OCH3 is 1. The van der Waals surface area contributed by atoms with Crippen LogP contribution in [0.2, 0.25) is 5.02 Å². The lowest BCUT2D eigenvalue weighted by Gasteiger charge is -2.11. The molecule has 1 aromatic heterocycles. The fraction of sp³-hybridized carbons (Fsp3) is 0.286. The van der Waals surface area contributed by atoms with Crippen LogP contribution in [-0.2, 0) is 4.74 Å². The number of esters is 1. The molecule has 0 fully saturated rings. The maximum absolute atomic E-state index is 11.7. The minimum atomic E-state index is -0.539. The molecule has 0 radical (unpaired) electrons. The van der Waals surface area contributed by atoms with Crippen molar-refractivity contribution in [3.05, 3.63) is 45.1 Å². The minimum absolute atomic E-state index is 0.112. The Morgan fingerprint density at radius 1 is 1.40 bits per heavy atom. The van der Waals surface area contributed by atoms with Crippen molar-refractivity contribution in [3.8, 4) is 5.69 Å². The average Bonchev–Trinajstić information content (AvgIpc) is 2.76. The lowest BCUT2D eigenvalue weighted by molar-refractivity contribution is 0.0593. The summed E-state index contributed by atoms with van der Waals surface area (Å²) in [5, 5.41) is 4.65. The Bertz CT molecular complexity index is 653. The monoisotopic (exact) mass is 356 g/mol. The highest BCUT2D eigenvalue weighted by atomic mass is 79.9. The molecular weight excluding hydrogens is 344 g/mol. The standard InChI is InChI=1S/C14H14BrClN2O2/c1-8(2)13-11(16)12(14(19)20-3)17-18(13)10-7-5-4-6-9(10)15/h4-8H,1-3H3. The van der Waals surface area contributed by atoms with Gasteiger partial charge >= 0.3 is 5.97 Å². The summed E-state index contributed by atoms with van der Waals surface area (Å²) in [4.78, 5) is 11.7. The van der Waals surface area contributed by atoms with Crippen molar-refractivity contribution < 1.29 is 9.53 Å². The fourth-order valence-corrected chi connectivity index (χ4v) is 2.81. The van der Waals surface area contributed by atoms with Crippen molar-refractivity contribution in [2.24, 2.45) is 0 Å². The first-order valence-electron chi connectivity index (χ1n) is 6.09. The van der Waals surface area contributed by atoms with Crippen LogP contribution in [0.3, 0.4) is 0 Å². The van der Waals surface area contributed by atoms with Crippen molar-refractivity contribution in [1.29, 1.82) is 0 Å². The molecule has 20 heavy (non-hydrogen) atoms. The Hall–Kier alpha value is -1.33. The van der Waals surface area contributed by atoms with Gasteiger partial charge in [-0.15, -0.1) is 0 Å². The molecule has 0 amide bonds. The highest BCUT2D eigenvalue weighted by molar-refractivity contribution is 9.10. The number of carbonyl (C=O) groups excluding carboxylic acids is 1. The Labute approximate surface area is 130 Å². The lowest BCUT2D eigenvalue weighted by atomic mass is 10.1. The molecule has 0 unspecified atom stereocenters. The van der Waals surface area contributed by atoms with E-state index in [9.17, 15) is 4.79 Å². The van der Waals surface area contributed by atoms with E-state index in [0.717, 1.165) is 15.9 Å². The molecule has 0 aliphatic carbocycles. The predicted molar refractivity (Wildman–Crippen MR) is 81.7 cm³/mol. The molecule has 0 saturated carbocycles. The third kappa shape index (κ3) is 2.60. The summed E-state index contributed by atoms with van der Waals surface area (Å²) in [6.45, 7) is 3.99. The molecule has 0 saturated heterocycles. The maximum atomic E-state index is 11.7. The van der Waals surface area contributed by atoms with Crippen molar-refractivity contribution in [1.82, 2.24) is 9.78 Å². The van der Waals surface area contributed by atoms with Gasteiger partial charge in [-0.2, -0.15) is 5.10 Å². The van der Waals surface area contributed by atoms with Crippen LogP contribution in [0.1, 0.15) is 35.9 Å². The van der Waals surface area contributed by atoms with E-state index in [1.54, 1.807) is 4.68 Å². The molecule has 4 nitrogen and oxygen atoms in total. The van der Waals surface area contributed by atoms with E-state index in [-0.39, 0.29) is 11.6 Å². The van der Waals surface area contributed by atoms with Gasteiger partial charge in [0, 0.05) is 4.47 Å². The van der Waals surface area contributed by atoms with Crippen LogP contribution in [0.15, 0.2) is 28.7 Å². The van der Waals surface area contributed by atoms with Crippen LogP contribution in [0, 0.1) is 0 Å². The number of para-hydroxylation sites is 1. The molecule has 106 valence electrons. The van der Waals surface area contributed by atoms with E-state index < -0.39 is 5.97 Å². The van der Waals surface area contributed by atoms with Gasteiger partial charge in [-0.05, 0) is 34.0 Å². The number of ether oxygens (including phenoxy) is 1. The number of nitrogens with zero attached hydrogens (tertiary/aromatic N) is 2. The van der Waals surface area contributed by atoms with Crippen LogP contribution in [0.5, 0.6) is 0 Å². The zero-order valence-corrected chi connectivity index (χ0v) is 13.7. The molecule has 0 aliphatic rings. The lowest BCUT2D eigenvalue weighted by Crippen LogP contribution is -2.06. The molecule has 6 heteroatoms. The average molecular weight is 358 g/mol. The number of benzene rings is 1. The second-order valence-electron chi connectivity index (χ2n) is 4.56. The topological polar surface area (TPSA) is 44.1 Å². The van der Waals surface area contributed by atoms with Gasteiger partial charge in [0.1, 0.15) is 0 Å². The Morgan fingerprint density at radius 2 is 2.05 bits per heavy atom. The van der Waals surface area contributed by atoms with E-state index in [4.69, 9.17) is 16.3 Å². The van der Waals surface area contributed by atoms with Crippen molar-refractivity contribution in [2.45, 2.75) is 19.8 Å². The number of carbonyl (C=O) groups is 1. The van der Waals surface area contributed by atoms with Crippen LogP contribution < -0.4 is 0 Å². The molecule has 0 spiro atoms. The first kappa shape index (κ1) is 15.1. The third-order valence-electron chi connectivity index (χ3n) is 2.87. The van der Waals surface area contributed by atoms with Gasteiger partial charge in [0.15, 0.2) is 5.69 Å². The van der Waals surface area contributed by atoms with Gasteiger partial charge in [-0.1, -0.05) is 37.6 Å². The molecule has 0 atom stereocenters. The third-order valence-corrected chi connectivity index (χ3v) is 3.91. The van der Waals surface area contributed by atoms with Gasteiger partial charge in [0.25, 0.3) is 0 Å². The van der Waals surface area contributed by atoms with E-state index in [1.807, 2.05) is 38.1 Å². The van der Waals surface area contributed by atoms with Gasteiger partial charge in [-0.3, -0.25) is 0 Å². The second-order valence-corrected chi connectivity index (χ2v) is 5.79. The van der Waals surface area contributed by atoms with Crippen molar-refractivity contribution >= 4 is 33.5 Å². The molecular formula is C14H14BrClN2O2. The van der Waals surface area contributed by atoms with Crippen LogP contribution in [0.4, 0.5) is 0 Å². The van der Waals surface area contributed by atoms with Crippen LogP contribution in [0.25, 0.3) is 5.69 Å². The summed E-state index contributed by atoms with van der Waals surface area (Å²) in [5.41, 5.74) is 1.74. The molecule has 2 aromatic rings. The zero-order valence-electron chi connectivity index (χ0n) is 11.4. The summed E-state index contributed by atoms with van der Waals surface area (Å²) in [6, 6.07) is 7.62. The quantitative estimate of drug-likeness (QED) is 0.773. The largest absolute Gasteiger partial charge is 0.464 e. The van der Waals surface area contributed by atoms with Crippen LogP contribution >= 0.6 is 27.5 Å². The Balaban J connectivity index is 2.70. The van der Waals surface area contributed by atoms with Crippen molar-refractivity contribution in [2.75, 3.05) is 7.11 Å². The first-order valence-corrected chi connectivity index (χ1v) is 7.26. The van der Waals surface area contributed by atoms with Gasteiger partial charge < -0.3 is 4.74 Å². The summed E-state index contributed by atoms with van der Waals surface area (Å²) < 4.78 is 7.28. The van der Waals surface area contributed by atoms with E-state index >= 15 is 0 Å². The second kappa shape index (κ2) is 5.97. The summed E-state index contributed by atoms with van der Waals surface area (Å²) in [6.07, 6.45) is 0. The van der Waals surface area contributed by atoms with Gasteiger partial charge in [0.05, 0.1) is 23.5 Å². The normalized spacial score (nSPS) is 10.9. The fourth-order valence-electron chi connectivity index (χ4n) is 1.94. The Morgan fingerprint density at radius 3 is 2.60 bits per heavy atom. The number of halogens is 2. The number of rotatable bonds is 3. The van der Waals surface area contributed by atoms with Gasteiger partial charge in [0.2, 0.25) is 0 Å². The summed E-state index contributed by atoms with van der Waals surface area (Å²) in [7, 11) is 1.31. The highest BCUT2D eigenvalue weighted by Crippen LogP contribution is 2.32. The molecule has 0 N–H and O–H groups in total. The maximum Gasteiger partial charge on any atom is 0.360 e. The summed E-state index contributed by atoms with van der Waals surface area (Å²) in [5.74, 6) is -0.428. The minimum Gasteiger partial charge on any atom is -0.464 e. The van der Waals surface area contributed by atoms with E-state index in [2.05, 4.69) is 21.0 Å². The molecule has 0 aliphatic heterocycles. The van der Waals surface area contributed by atoms with E-state index in [1.165, 1.54) is 7.11 Å². The van der Waals surface area contributed by atoms with Crippen molar-refractivity contribution in [3.63, 3.8) is 0 Å². The van der Waals surface area contributed by atoms with Crippen LogP contribution in [-0.4, -0.2) is 22.9 Å². The van der Waals surface area contributed by atoms with E-state index in [0.29, 0.717) is 5.02 Å². The highest BCUT2D eigenvalue weighted by Gasteiger charge is 2.25. The number of hydrogen-bond donors (Lipinski definition) is 0. The number of hydrogen-bond acceptors (Lipinski definition) is 3. The predicted octanol–water partition coefficient (Wildman–Crippen LogP) is 4.20. The summed E-state index contributed by atoms with van der Waals surface area (Å²) >= 11 is 9.78.